The lowest BCUT2D eigenvalue weighted by Gasteiger charge is -2.25. The van der Waals surface area contributed by atoms with Gasteiger partial charge in [-0.05, 0) is 42.0 Å². The van der Waals surface area contributed by atoms with Gasteiger partial charge in [0.25, 0.3) is 0 Å². The van der Waals surface area contributed by atoms with E-state index in [1.807, 2.05) is 13.0 Å². The first-order valence-corrected chi connectivity index (χ1v) is 4.74. The van der Waals surface area contributed by atoms with Crippen molar-refractivity contribution in [3.8, 4) is 0 Å². The van der Waals surface area contributed by atoms with Crippen molar-refractivity contribution < 1.29 is 4.39 Å². The average molecular weight is 180 g/mol. The molecule has 0 nitrogen and oxygen atoms in total. The molecule has 0 bridgehead atoms. The van der Waals surface area contributed by atoms with Crippen molar-refractivity contribution in [1.29, 1.82) is 0 Å². The van der Waals surface area contributed by atoms with E-state index in [1.165, 1.54) is 11.6 Å². The summed E-state index contributed by atoms with van der Waals surface area (Å²) in [6.07, 6.45) is 1.03. The molecule has 0 aliphatic rings. The standard InChI is InChI=1S/C12H17F/c1-5-12(3,4)11-8-10(13)7-6-9(11)2/h6-8H,5H2,1-4H3. The van der Waals surface area contributed by atoms with Gasteiger partial charge in [-0.15, -0.1) is 0 Å². The predicted octanol–water partition coefficient (Wildman–Crippen LogP) is 3.82. The summed E-state index contributed by atoms with van der Waals surface area (Å²) in [5.74, 6) is -0.137. The minimum atomic E-state index is -0.137. The maximum absolute atomic E-state index is 13.0. The molecule has 1 heteroatoms. The van der Waals surface area contributed by atoms with E-state index in [4.69, 9.17) is 0 Å². The molecule has 0 radical (unpaired) electrons. The molecule has 0 aliphatic carbocycles. The number of rotatable bonds is 2. The van der Waals surface area contributed by atoms with Crippen LogP contribution in [0, 0.1) is 12.7 Å². The Hall–Kier alpha value is -0.850. The zero-order chi connectivity index (χ0) is 10.1. The second-order valence-corrected chi connectivity index (χ2v) is 4.20. The molecule has 0 aromatic heterocycles. The fourth-order valence-corrected chi connectivity index (χ4v) is 1.51. The van der Waals surface area contributed by atoms with Crippen molar-refractivity contribution in [1.82, 2.24) is 0 Å². The smallest absolute Gasteiger partial charge is 0.123 e. The molecule has 72 valence electrons. The van der Waals surface area contributed by atoms with Gasteiger partial charge in [-0.1, -0.05) is 26.8 Å². The number of aryl methyl sites for hydroxylation is 1. The highest BCUT2D eigenvalue weighted by Gasteiger charge is 2.20. The molecule has 0 unspecified atom stereocenters. The topological polar surface area (TPSA) is 0 Å². The number of hydrogen-bond donors (Lipinski definition) is 0. The molecular formula is C12H17F. The van der Waals surface area contributed by atoms with Gasteiger partial charge in [0, 0.05) is 0 Å². The maximum Gasteiger partial charge on any atom is 0.123 e. The van der Waals surface area contributed by atoms with Crippen molar-refractivity contribution in [2.75, 3.05) is 0 Å². The van der Waals surface area contributed by atoms with Gasteiger partial charge in [0.15, 0.2) is 0 Å². The normalized spacial score (nSPS) is 11.8. The summed E-state index contributed by atoms with van der Waals surface area (Å²) in [6, 6.07) is 5.02. The maximum atomic E-state index is 13.0. The average Bonchev–Trinajstić information content (AvgIpc) is 2.09. The van der Waals surface area contributed by atoms with Crippen molar-refractivity contribution in [2.24, 2.45) is 0 Å². The fourth-order valence-electron chi connectivity index (χ4n) is 1.51. The fraction of sp³-hybridized carbons (Fsp3) is 0.500. The van der Waals surface area contributed by atoms with E-state index in [9.17, 15) is 4.39 Å². The summed E-state index contributed by atoms with van der Waals surface area (Å²) in [7, 11) is 0. The summed E-state index contributed by atoms with van der Waals surface area (Å²) < 4.78 is 13.0. The number of hydrogen-bond acceptors (Lipinski definition) is 0. The first-order chi connectivity index (χ1) is 5.97. The number of halogens is 1. The second-order valence-electron chi connectivity index (χ2n) is 4.20. The lowest BCUT2D eigenvalue weighted by Crippen LogP contribution is -2.17. The highest BCUT2D eigenvalue weighted by Crippen LogP contribution is 2.29. The van der Waals surface area contributed by atoms with Crippen LogP contribution in [-0.4, -0.2) is 0 Å². The Balaban J connectivity index is 3.20. The molecule has 1 rings (SSSR count). The zero-order valence-corrected chi connectivity index (χ0v) is 8.82. The monoisotopic (exact) mass is 180 g/mol. The lowest BCUT2D eigenvalue weighted by atomic mass is 9.80. The van der Waals surface area contributed by atoms with Gasteiger partial charge < -0.3 is 0 Å². The van der Waals surface area contributed by atoms with Crippen LogP contribution in [0.3, 0.4) is 0 Å². The van der Waals surface area contributed by atoms with E-state index in [0.29, 0.717) is 0 Å². The van der Waals surface area contributed by atoms with Gasteiger partial charge in [-0.3, -0.25) is 0 Å². The third kappa shape index (κ3) is 2.09. The third-order valence-electron chi connectivity index (χ3n) is 2.81. The van der Waals surface area contributed by atoms with E-state index >= 15 is 0 Å². The predicted molar refractivity (Wildman–Crippen MR) is 54.5 cm³/mol. The summed E-state index contributed by atoms with van der Waals surface area (Å²) in [5.41, 5.74) is 2.37. The molecule has 0 fully saturated rings. The van der Waals surface area contributed by atoms with Crippen LogP contribution in [0.4, 0.5) is 4.39 Å². The zero-order valence-electron chi connectivity index (χ0n) is 8.82. The van der Waals surface area contributed by atoms with E-state index in [1.54, 1.807) is 6.07 Å². The second kappa shape index (κ2) is 3.49. The highest BCUT2D eigenvalue weighted by molar-refractivity contribution is 5.32. The van der Waals surface area contributed by atoms with Gasteiger partial charge in [0.05, 0.1) is 0 Å². The molecule has 1 aromatic carbocycles. The van der Waals surface area contributed by atoms with Crippen molar-refractivity contribution in [3.05, 3.63) is 35.1 Å². The number of benzene rings is 1. The van der Waals surface area contributed by atoms with Gasteiger partial charge in [0.2, 0.25) is 0 Å². The van der Waals surface area contributed by atoms with Crippen LogP contribution in [0.2, 0.25) is 0 Å². The van der Waals surface area contributed by atoms with Crippen LogP contribution in [0.1, 0.15) is 38.3 Å². The van der Waals surface area contributed by atoms with E-state index in [2.05, 4.69) is 20.8 Å². The molecule has 0 saturated heterocycles. The quantitative estimate of drug-likeness (QED) is 0.649. The summed E-state index contributed by atoms with van der Waals surface area (Å²) >= 11 is 0. The van der Waals surface area contributed by atoms with Gasteiger partial charge in [0.1, 0.15) is 5.82 Å². The van der Waals surface area contributed by atoms with Gasteiger partial charge in [-0.25, -0.2) is 4.39 Å². The van der Waals surface area contributed by atoms with Gasteiger partial charge >= 0.3 is 0 Å². The molecule has 1 aromatic rings. The Morgan fingerprint density at radius 2 is 1.92 bits per heavy atom. The van der Waals surface area contributed by atoms with Crippen molar-refractivity contribution in [3.63, 3.8) is 0 Å². The minimum Gasteiger partial charge on any atom is -0.207 e. The van der Waals surface area contributed by atoms with Crippen LogP contribution < -0.4 is 0 Å². The Labute approximate surface area is 79.8 Å². The SMILES string of the molecule is CCC(C)(C)c1cc(F)ccc1C. The van der Waals surface area contributed by atoms with Crippen molar-refractivity contribution >= 4 is 0 Å². The Morgan fingerprint density at radius 3 is 2.46 bits per heavy atom. The summed E-state index contributed by atoms with van der Waals surface area (Å²) in [4.78, 5) is 0. The third-order valence-corrected chi connectivity index (χ3v) is 2.81. The highest BCUT2D eigenvalue weighted by atomic mass is 19.1. The molecule has 0 saturated carbocycles. The molecule has 0 heterocycles. The molecule has 0 atom stereocenters. The minimum absolute atomic E-state index is 0.0756. The molecular weight excluding hydrogens is 163 g/mol. The molecule has 0 aliphatic heterocycles. The Morgan fingerprint density at radius 1 is 1.31 bits per heavy atom. The van der Waals surface area contributed by atoms with Crippen LogP contribution in [0.5, 0.6) is 0 Å². The van der Waals surface area contributed by atoms with E-state index < -0.39 is 0 Å². The van der Waals surface area contributed by atoms with E-state index in [-0.39, 0.29) is 11.2 Å². The largest absolute Gasteiger partial charge is 0.207 e. The van der Waals surface area contributed by atoms with Crippen molar-refractivity contribution in [2.45, 2.75) is 39.5 Å². The first kappa shape index (κ1) is 10.2. The van der Waals surface area contributed by atoms with Crippen LogP contribution in [0.15, 0.2) is 18.2 Å². The van der Waals surface area contributed by atoms with Crippen LogP contribution in [-0.2, 0) is 5.41 Å². The molecule has 0 N–H and O–H groups in total. The lowest BCUT2D eigenvalue weighted by molar-refractivity contribution is 0.497. The molecule has 13 heavy (non-hydrogen) atoms. The van der Waals surface area contributed by atoms with Crippen LogP contribution >= 0.6 is 0 Å². The van der Waals surface area contributed by atoms with Crippen LogP contribution in [0.25, 0.3) is 0 Å². The Bertz CT molecular complexity index is 300. The molecule has 0 amide bonds. The summed E-state index contributed by atoms with van der Waals surface area (Å²) in [6.45, 7) is 8.46. The summed E-state index contributed by atoms with van der Waals surface area (Å²) in [5, 5.41) is 0. The Kier molecular flexibility index (Phi) is 2.74. The van der Waals surface area contributed by atoms with Gasteiger partial charge in [-0.2, -0.15) is 0 Å². The first-order valence-electron chi connectivity index (χ1n) is 4.74. The molecule has 0 spiro atoms. The van der Waals surface area contributed by atoms with E-state index in [0.717, 1.165) is 12.0 Å².